The fraction of sp³-hybridized carbons (Fsp3) is 0.462. The van der Waals surface area contributed by atoms with Gasteiger partial charge < -0.3 is 9.84 Å². The van der Waals surface area contributed by atoms with Crippen molar-refractivity contribution < 1.29 is 9.84 Å². The third kappa shape index (κ3) is 4.41. The normalized spacial score (nSPS) is 27.7. The number of nitrogens with zero attached hydrogens (tertiary/aromatic N) is 1. The Morgan fingerprint density at radius 3 is 2.69 bits per heavy atom. The third-order valence-electron chi connectivity index (χ3n) is 6.66. The molecule has 0 amide bonds. The van der Waals surface area contributed by atoms with E-state index in [0.29, 0.717) is 6.61 Å². The molecule has 1 heterocycles. The van der Waals surface area contributed by atoms with Crippen LogP contribution >= 0.6 is 0 Å². The minimum atomic E-state index is -0.540. The molecule has 3 nitrogen and oxygen atoms in total. The summed E-state index contributed by atoms with van der Waals surface area (Å²) in [6.45, 7) is 4.49. The molecule has 1 saturated heterocycles. The molecule has 29 heavy (non-hydrogen) atoms. The summed E-state index contributed by atoms with van der Waals surface area (Å²) < 4.78 is 6.00. The Kier molecular flexibility index (Phi) is 6.37. The minimum absolute atomic E-state index is 0.192. The Morgan fingerprint density at radius 2 is 1.86 bits per heavy atom. The van der Waals surface area contributed by atoms with Gasteiger partial charge in [-0.3, -0.25) is 4.90 Å². The van der Waals surface area contributed by atoms with Gasteiger partial charge in [0.15, 0.2) is 0 Å². The first-order chi connectivity index (χ1) is 14.2. The minimum Gasteiger partial charge on any atom is -0.494 e. The molecule has 3 heteroatoms. The number of likely N-dealkylation sites (tertiary alicyclic amines) is 1. The molecule has 2 unspecified atom stereocenters. The number of fused-ring (bicyclic) bond motifs is 1. The number of para-hydroxylation sites is 1. The molecule has 0 bridgehead atoms. The predicted octanol–water partition coefficient (Wildman–Crippen LogP) is 5.47. The average Bonchev–Trinajstić information content (AvgIpc) is 2.75. The van der Waals surface area contributed by atoms with Crippen molar-refractivity contribution >= 4 is 6.08 Å². The highest BCUT2D eigenvalue weighted by Gasteiger charge is 2.49. The van der Waals surface area contributed by atoms with Crippen LogP contribution in [-0.2, 0) is 0 Å². The number of piperidine rings is 1. The summed E-state index contributed by atoms with van der Waals surface area (Å²) in [6.07, 6.45) is 9.68. The van der Waals surface area contributed by atoms with Crippen LogP contribution in [-0.4, -0.2) is 35.3 Å². The summed E-state index contributed by atoms with van der Waals surface area (Å²) in [5.74, 6) is 1.23. The Hall–Kier alpha value is -2.10. The monoisotopic (exact) mass is 391 g/mol. The summed E-state index contributed by atoms with van der Waals surface area (Å²) in [7, 11) is 0. The lowest BCUT2D eigenvalue weighted by molar-refractivity contribution is -0.122. The third-order valence-corrected chi connectivity index (χ3v) is 6.66. The Labute approximate surface area is 175 Å². The number of rotatable bonds is 6. The van der Waals surface area contributed by atoms with Crippen LogP contribution in [0.15, 0.2) is 60.7 Å². The highest BCUT2D eigenvalue weighted by molar-refractivity contribution is 5.49. The van der Waals surface area contributed by atoms with Gasteiger partial charge in [0, 0.05) is 30.6 Å². The molecule has 1 N–H and O–H groups in total. The van der Waals surface area contributed by atoms with Gasteiger partial charge in [0.05, 0.1) is 12.2 Å². The van der Waals surface area contributed by atoms with Gasteiger partial charge in [-0.15, -0.1) is 0 Å². The molecule has 2 fully saturated rings. The van der Waals surface area contributed by atoms with Gasteiger partial charge in [0.25, 0.3) is 0 Å². The van der Waals surface area contributed by atoms with Crippen LogP contribution in [0.25, 0.3) is 6.08 Å². The van der Waals surface area contributed by atoms with Crippen molar-refractivity contribution in [1.29, 1.82) is 0 Å². The standard InChI is InChI=1S/C26H33NO2/c1-2-29-24-16-7-6-14-22(24)25-23-15-8-9-17-26(23,28)18-20-27(25)19-10-13-21-11-4-3-5-12-21/h3-7,10-14,16,23,25,28H,2,8-9,15,17-20H2,1H3/b13-10+/t23?,25-,26?/m0/s1. The fourth-order valence-corrected chi connectivity index (χ4v) is 5.26. The van der Waals surface area contributed by atoms with E-state index >= 15 is 0 Å². The quantitative estimate of drug-likeness (QED) is 0.709. The predicted molar refractivity (Wildman–Crippen MR) is 119 cm³/mol. The molecular formula is C26H33NO2. The number of aliphatic hydroxyl groups is 1. The molecule has 1 aliphatic carbocycles. The molecular weight excluding hydrogens is 358 g/mol. The van der Waals surface area contributed by atoms with E-state index in [1.807, 2.05) is 19.1 Å². The largest absolute Gasteiger partial charge is 0.494 e. The number of hydrogen-bond acceptors (Lipinski definition) is 3. The lowest BCUT2D eigenvalue weighted by atomic mass is 9.66. The van der Waals surface area contributed by atoms with Gasteiger partial charge in [0.2, 0.25) is 0 Å². The van der Waals surface area contributed by atoms with E-state index in [1.165, 1.54) is 17.5 Å². The maximum absolute atomic E-state index is 11.5. The van der Waals surface area contributed by atoms with E-state index in [-0.39, 0.29) is 12.0 Å². The zero-order valence-corrected chi connectivity index (χ0v) is 17.5. The lowest BCUT2D eigenvalue weighted by Gasteiger charge is -2.52. The van der Waals surface area contributed by atoms with Crippen LogP contribution in [0.1, 0.15) is 56.2 Å². The summed E-state index contributed by atoms with van der Waals surface area (Å²) in [5.41, 5.74) is 1.92. The van der Waals surface area contributed by atoms with Crippen molar-refractivity contribution in [2.24, 2.45) is 5.92 Å². The number of hydrogen-bond donors (Lipinski definition) is 1. The molecule has 2 aromatic rings. The SMILES string of the molecule is CCOc1ccccc1[C@H]1C2CCCCC2(O)CCN1C/C=C/c1ccccc1. The summed E-state index contributed by atoms with van der Waals surface area (Å²) in [5, 5.41) is 11.5. The smallest absolute Gasteiger partial charge is 0.124 e. The van der Waals surface area contributed by atoms with E-state index < -0.39 is 5.60 Å². The van der Waals surface area contributed by atoms with E-state index in [9.17, 15) is 5.11 Å². The lowest BCUT2D eigenvalue weighted by Crippen LogP contribution is -2.54. The van der Waals surface area contributed by atoms with E-state index in [2.05, 4.69) is 59.5 Å². The van der Waals surface area contributed by atoms with Crippen LogP contribution in [0.3, 0.4) is 0 Å². The second-order valence-electron chi connectivity index (χ2n) is 8.43. The topological polar surface area (TPSA) is 32.7 Å². The van der Waals surface area contributed by atoms with E-state index in [0.717, 1.165) is 44.5 Å². The Balaban J connectivity index is 1.63. The van der Waals surface area contributed by atoms with Crippen LogP contribution in [0.4, 0.5) is 0 Å². The maximum atomic E-state index is 11.5. The molecule has 2 aliphatic rings. The highest BCUT2D eigenvalue weighted by Crippen LogP contribution is 2.50. The molecule has 4 rings (SSSR count). The van der Waals surface area contributed by atoms with Crippen LogP contribution in [0, 0.1) is 5.92 Å². The maximum Gasteiger partial charge on any atom is 0.124 e. The van der Waals surface area contributed by atoms with Crippen molar-refractivity contribution in [3.05, 3.63) is 71.8 Å². The fourth-order valence-electron chi connectivity index (χ4n) is 5.26. The molecule has 0 aromatic heterocycles. The van der Waals surface area contributed by atoms with Crippen LogP contribution in [0.5, 0.6) is 5.75 Å². The van der Waals surface area contributed by atoms with E-state index in [4.69, 9.17) is 4.74 Å². The van der Waals surface area contributed by atoms with Crippen molar-refractivity contribution in [1.82, 2.24) is 4.90 Å². The van der Waals surface area contributed by atoms with Crippen molar-refractivity contribution in [2.45, 2.75) is 50.7 Å². The van der Waals surface area contributed by atoms with Crippen LogP contribution < -0.4 is 4.74 Å². The molecule has 154 valence electrons. The molecule has 2 aromatic carbocycles. The van der Waals surface area contributed by atoms with Gasteiger partial charge in [0.1, 0.15) is 5.75 Å². The van der Waals surface area contributed by atoms with Gasteiger partial charge in [-0.2, -0.15) is 0 Å². The first kappa shape index (κ1) is 20.2. The first-order valence-corrected chi connectivity index (χ1v) is 11.1. The first-order valence-electron chi connectivity index (χ1n) is 11.1. The van der Waals surface area contributed by atoms with Crippen molar-refractivity contribution in [2.75, 3.05) is 19.7 Å². The summed E-state index contributed by atoms with van der Waals surface area (Å²) >= 11 is 0. The summed E-state index contributed by atoms with van der Waals surface area (Å²) in [4.78, 5) is 2.54. The zero-order valence-electron chi connectivity index (χ0n) is 17.5. The zero-order chi connectivity index (χ0) is 20.1. The number of benzene rings is 2. The molecule has 1 aliphatic heterocycles. The van der Waals surface area contributed by atoms with Gasteiger partial charge in [-0.05, 0) is 37.8 Å². The number of ether oxygens (including phenoxy) is 1. The highest BCUT2D eigenvalue weighted by atomic mass is 16.5. The van der Waals surface area contributed by atoms with Crippen molar-refractivity contribution in [3.63, 3.8) is 0 Å². The Bertz CT molecular complexity index is 818. The Morgan fingerprint density at radius 1 is 1.07 bits per heavy atom. The molecule has 1 saturated carbocycles. The van der Waals surface area contributed by atoms with Crippen molar-refractivity contribution in [3.8, 4) is 5.75 Å². The molecule has 0 spiro atoms. The van der Waals surface area contributed by atoms with Gasteiger partial charge in [-0.1, -0.05) is 73.5 Å². The van der Waals surface area contributed by atoms with Gasteiger partial charge in [-0.25, -0.2) is 0 Å². The average molecular weight is 392 g/mol. The second kappa shape index (κ2) is 9.15. The summed E-state index contributed by atoms with van der Waals surface area (Å²) in [6, 6.07) is 19.1. The van der Waals surface area contributed by atoms with Gasteiger partial charge >= 0.3 is 0 Å². The molecule has 0 radical (unpaired) electrons. The second-order valence-corrected chi connectivity index (χ2v) is 8.43. The molecule has 3 atom stereocenters. The van der Waals surface area contributed by atoms with Crippen LogP contribution in [0.2, 0.25) is 0 Å². The van der Waals surface area contributed by atoms with E-state index in [1.54, 1.807) is 0 Å².